The van der Waals surface area contributed by atoms with Crippen molar-refractivity contribution in [1.82, 2.24) is 40.2 Å². The van der Waals surface area contributed by atoms with Gasteiger partial charge in [0, 0.05) is 85.3 Å². The summed E-state index contributed by atoms with van der Waals surface area (Å²) in [7, 11) is -2.68. The summed E-state index contributed by atoms with van der Waals surface area (Å²) >= 11 is 0. The molecule has 4 fully saturated rings. The number of hydrazone groups is 2. The van der Waals surface area contributed by atoms with Gasteiger partial charge in [-0.25, -0.2) is 45.8 Å². The van der Waals surface area contributed by atoms with Gasteiger partial charge in [0.05, 0.1) is 57.8 Å². The molecule has 2 N–H and O–H groups in total. The van der Waals surface area contributed by atoms with Crippen LogP contribution in [0.15, 0.2) is 107 Å². The van der Waals surface area contributed by atoms with Gasteiger partial charge < -0.3 is 20.4 Å². The number of nitrogens with zero attached hydrogens (tertiary/aromatic N) is 10. The third-order valence-corrected chi connectivity index (χ3v) is 21.3. The average Bonchev–Trinajstić information content (AvgIpc) is 3.92. The maximum absolute atomic E-state index is 12.8. The molecule has 0 aliphatic carbocycles. The molecule has 396 valence electrons. The Kier molecular flexibility index (Phi) is 12.5. The van der Waals surface area contributed by atoms with Crippen molar-refractivity contribution in [3.8, 4) is 11.4 Å². The lowest BCUT2D eigenvalue weighted by Gasteiger charge is -2.55. The normalized spacial score (nSPS) is 21.2. The summed E-state index contributed by atoms with van der Waals surface area (Å²) < 4.78 is 51.6. The fourth-order valence-corrected chi connectivity index (χ4v) is 15.2. The molecular formula is C56H64N12O6S2. The third kappa shape index (κ3) is 8.62. The van der Waals surface area contributed by atoms with E-state index in [1.165, 1.54) is 10.0 Å². The molecule has 0 saturated carbocycles. The minimum absolute atomic E-state index is 0.133. The Morgan fingerprint density at radius 1 is 0.526 bits per heavy atom. The number of hydrogen-bond acceptors (Lipinski definition) is 12. The molecule has 2 spiro atoms. The second kappa shape index (κ2) is 18.8. The molecule has 76 heavy (non-hydrogen) atoms. The van der Waals surface area contributed by atoms with Crippen LogP contribution in [0.2, 0.25) is 0 Å². The van der Waals surface area contributed by atoms with E-state index in [9.17, 15) is 26.4 Å². The highest BCUT2D eigenvalue weighted by Crippen LogP contribution is 2.45. The van der Waals surface area contributed by atoms with E-state index in [4.69, 9.17) is 10.2 Å². The Morgan fingerprint density at radius 2 is 0.882 bits per heavy atom. The Balaban J connectivity index is 0.000000162. The van der Waals surface area contributed by atoms with Crippen molar-refractivity contribution < 1.29 is 26.4 Å². The van der Waals surface area contributed by atoms with E-state index < -0.39 is 29.2 Å². The number of aromatic nitrogens is 4. The van der Waals surface area contributed by atoms with Gasteiger partial charge in [-0.2, -0.15) is 20.4 Å². The van der Waals surface area contributed by atoms with Crippen molar-refractivity contribution in [3.63, 3.8) is 0 Å². The molecule has 8 heterocycles. The Labute approximate surface area is 444 Å². The highest BCUT2D eigenvalue weighted by Gasteiger charge is 2.60. The summed E-state index contributed by atoms with van der Waals surface area (Å²) in [6.07, 6.45) is 2.83. The Bertz CT molecular complexity index is 3370. The van der Waals surface area contributed by atoms with Gasteiger partial charge in [0.15, 0.2) is 19.7 Å². The topological polar surface area (TPSA) is 200 Å². The molecule has 12 rings (SSSR count). The molecule has 6 aromatic rings. The minimum atomic E-state index is -2.95. The molecule has 4 aromatic carbocycles. The number of carbonyl (C=O) groups excluding carboxylic acids is 2. The van der Waals surface area contributed by atoms with Crippen LogP contribution in [0.5, 0.6) is 0 Å². The number of anilines is 2. The molecule has 6 aliphatic heterocycles. The number of amides is 4. The van der Waals surface area contributed by atoms with Crippen molar-refractivity contribution in [1.29, 1.82) is 0 Å². The van der Waals surface area contributed by atoms with Crippen LogP contribution in [-0.4, -0.2) is 143 Å². The molecule has 2 aromatic heterocycles. The Morgan fingerprint density at radius 3 is 1.17 bits per heavy atom. The maximum Gasteiger partial charge on any atom is 0.337 e. The summed E-state index contributed by atoms with van der Waals surface area (Å²) in [4.78, 5) is 29.8. The highest BCUT2D eigenvalue weighted by molar-refractivity contribution is 7.94. The van der Waals surface area contributed by atoms with Gasteiger partial charge in [0.1, 0.15) is 9.49 Å². The van der Waals surface area contributed by atoms with Crippen molar-refractivity contribution in [2.45, 2.75) is 88.8 Å². The predicted molar refractivity (Wildman–Crippen MR) is 296 cm³/mol. The highest BCUT2D eigenvalue weighted by atomic mass is 32.2. The molecule has 0 radical (unpaired) electrons. The van der Waals surface area contributed by atoms with Crippen LogP contribution in [0.4, 0.5) is 21.0 Å². The van der Waals surface area contributed by atoms with Crippen LogP contribution >= 0.6 is 0 Å². The quantitative estimate of drug-likeness (QED) is 0.188. The molecule has 6 aliphatic rings. The van der Waals surface area contributed by atoms with E-state index in [1.54, 1.807) is 14.1 Å². The van der Waals surface area contributed by atoms with Crippen molar-refractivity contribution in [2.75, 3.05) is 61.6 Å². The molecule has 2 atom stereocenters. The number of carbonyl (C=O) groups is 2. The number of aryl methyl sites for hydroxylation is 4. The van der Waals surface area contributed by atoms with E-state index in [2.05, 4.69) is 67.0 Å². The average molecular weight is 1070 g/mol. The summed E-state index contributed by atoms with van der Waals surface area (Å²) in [6, 6.07) is 31.9. The van der Waals surface area contributed by atoms with Gasteiger partial charge in [-0.1, -0.05) is 36.4 Å². The van der Waals surface area contributed by atoms with Crippen LogP contribution < -0.4 is 20.4 Å². The molecular weight excluding hydrogens is 1000 g/mol. The number of urea groups is 2. The SMILES string of the molecule is CNC(=O)N1N=C(c2ccc(N3CC4(CCS4(=O)=O)C3)cc2)c2cc(-n3nc(C)cc3C)ccc2CC1C.CNC(=O)N1N=C(c2ccc(N3CC4(CCS4(=O)=O)C3)cc2)c2cc(-n3nc(C)cc3C)ccc2C[C@@H]1C. The molecule has 4 saturated heterocycles. The summed E-state index contributed by atoms with van der Waals surface area (Å²) in [5, 5.41) is 27.6. The molecule has 0 bridgehead atoms. The molecule has 4 amide bonds. The first-order valence-corrected chi connectivity index (χ1v) is 29.2. The first-order valence-electron chi connectivity index (χ1n) is 25.9. The largest absolute Gasteiger partial charge is 0.368 e. The first-order chi connectivity index (χ1) is 36.2. The van der Waals surface area contributed by atoms with Gasteiger partial charge in [-0.3, -0.25) is 0 Å². The van der Waals surface area contributed by atoms with Crippen LogP contribution in [0.3, 0.4) is 0 Å². The fraction of sp³-hybridized carbons (Fsp3) is 0.393. The number of benzene rings is 4. The van der Waals surface area contributed by atoms with Gasteiger partial charge in [0.25, 0.3) is 0 Å². The van der Waals surface area contributed by atoms with E-state index in [-0.39, 0.29) is 24.1 Å². The lowest BCUT2D eigenvalue weighted by Crippen LogP contribution is -2.72. The van der Waals surface area contributed by atoms with Crippen LogP contribution in [0.25, 0.3) is 11.4 Å². The van der Waals surface area contributed by atoms with Crippen LogP contribution in [-0.2, 0) is 32.5 Å². The number of fused-ring (bicyclic) bond motifs is 2. The zero-order valence-electron chi connectivity index (χ0n) is 44.2. The lowest BCUT2D eigenvalue weighted by molar-refractivity contribution is 0.184. The van der Waals surface area contributed by atoms with E-state index in [0.717, 1.165) is 91.7 Å². The van der Waals surface area contributed by atoms with Gasteiger partial charge in [-0.15, -0.1) is 0 Å². The monoisotopic (exact) mass is 1060 g/mol. The van der Waals surface area contributed by atoms with E-state index in [1.807, 2.05) is 112 Å². The van der Waals surface area contributed by atoms with E-state index in [0.29, 0.717) is 61.9 Å². The third-order valence-electron chi connectivity index (χ3n) is 16.2. The van der Waals surface area contributed by atoms with Gasteiger partial charge in [0.2, 0.25) is 0 Å². The summed E-state index contributed by atoms with van der Waals surface area (Å²) in [6.45, 7) is 14.2. The number of hydrogen-bond donors (Lipinski definition) is 2. The van der Waals surface area contributed by atoms with E-state index >= 15 is 0 Å². The maximum atomic E-state index is 12.8. The molecule has 1 unspecified atom stereocenters. The number of nitrogens with one attached hydrogen (secondary N) is 2. The number of sulfone groups is 2. The fourth-order valence-electron chi connectivity index (χ4n) is 11.6. The zero-order valence-corrected chi connectivity index (χ0v) is 45.8. The second-order valence-electron chi connectivity index (χ2n) is 21.5. The van der Waals surface area contributed by atoms with Gasteiger partial charge >= 0.3 is 12.1 Å². The zero-order chi connectivity index (χ0) is 53.6. The number of rotatable bonds is 6. The predicted octanol–water partition coefficient (Wildman–Crippen LogP) is 6.41. The first kappa shape index (κ1) is 50.8. The van der Waals surface area contributed by atoms with Crippen molar-refractivity contribution >= 4 is 54.5 Å². The minimum Gasteiger partial charge on any atom is -0.368 e. The van der Waals surface area contributed by atoms with Crippen molar-refractivity contribution in [2.24, 2.45) is 10.2 Å². The van der Waals surface area contributed by atoms with Gasteiger partial charge in [-0.05, 0) is 139 Å². The van der Waals surface area contributed by atoms with Crippen LogP contribution in [0.1, 0.15) is 82.8 Å². The van der Waals surface area contributed by atoms with Crippen molar-refractivity contribution in [3.05, 3.63) is 153 Å². The Hall–Kier alpha value is -7.32. The molecule has 20 heteroatoms. The standard InChI is InChI=1S/2C28H32N6O3S/c2*1-18-13-19(2)33(30-18)24-10-7-22-14-20(3)34(27(35)29-4)31-26(25(22)15-24)21-5-8-23(9-6-21)32-16-28(17-32)11-12-38(28,36)37/h2*5-10,13,15,20H,11-12,14,16-17H2,1-4H3,(H,29,35)/t20-;/m0./s1. The summed E-state index contributed by atoms with van der Waals surface area (Å²) in [5.74, 6) is 0.609. The van der Waals surface area contributed by atoms with Crippen LogP contribution in [0, 0.1) is 27.7 Å². The lowest BCUT2D eigenvalue weighted by atomic mass is 9.92. The smallest absolute Gasteiger partial charge is 0.337 e. The molecule has 18 nitrogen and oxygen atoms in total. The summed E-state index contributed by atoms with van der Waals surface area (Å²) in [5.41, 5.74) is 15.2. The second-order valence-corrected chi connectivity index (χ2v) is 26.5.